The number of nitrogens with one attached hydrogen (secondary N) is 2. The number of carbonyl (C=O) groups is 1. The van der Waals surface area contributed by atoms with Crippen LogP contribution in [0, 0.1) is 16.7 Å². The van der Waals surface area contributed by atoms with E-state index in [2.05, 4.69) is 20.7 Å². The average molecular weight is 479 g/mol. The molecule has 35 heavy (non-hydrogen) atoms. The number of aromatic nitrogens is 3. The number of rotatable bonds is 8. The first kappa shape index (κ1) is 23.4. The van der Waals surface area contributed by atoms with Gasteiger partial charge in [0.05, 0.1) is 41.7 Å². The molecule has 0 bridgehead atoms. The van der Waals surface area contributed by atoms with E-state index >= 15 is 4.39 Å². The van der Waals surface area contributed by atoms with Crippen molar-refractivity contribution in [2.24, 2.45) is 5.41 Å². The fourth-order valence-electron chi connectivity index (χ4n) is 4.90. The fourth-order valence-corrected chi connectivity index (χ4v) is 4.90. The van der Waals surface area contributed by atoms with Crippen LogP contribution in [0.3, 0.4) is 0 Å². The van der Waals surface area contributed by atoms with Crippen LogP contribution in [0.5, 0.6) is 0 Å². The number of nitrogens with zero attached hydrogens (tertiary/aromatic N) is 4. The SMILES string of the molecule is C[C@@](O)(CNC1CC2(COC2)C1)[C@H](F)[C@H](NC(=O)c1cccnc1)c1ccc2cc(C#N)cnn12. The number of hydrogen-bond donors (Lipinski definition) is 3. The van der Waals surface area contributed by atoms with Gasteiger partial charge in [-0.3, -0.25) is 9.78 Å². The van der Waals surface area contributed by atoms with E-state index < -0.39 is 23.7 Å². The number of ether oxygens (including phenoxy) is 1. The Labute approximate surface area is 201 Å². The minimum atomic E-state index is -1.87. The highest BCUT2D eigenvalue weighted by Crippen LogP contribution is 2.47. The lowest BCUT2D eigenvalue weighted by Crippen LogP contribution is -2.61. The van der Waals surface area contributed by atoms with E-state index in [9.17, 15) is 9.90 Å². The van der Waals surface area contributed by atoms with Gasteiger partial charge in [0.2, 0.25) is 0 Å². The van der Waals surface area contributed by atoms with Gasteiger partial charge in [0.1, 0.15) is 17.7 Å². The summed E-state index contributed by atoms with van der Waals surface area (Å²) in [5.41, 5.74) is 0.0165. The molecule has 182 valence electrons. The third kappa shape index (κ3) is 4.50. The second kappa shape index (κ2) is 9.00. The molecule has 5 rings (SSSR count). The molecule has 2 aliphatic rings. The summed E-state index contributed by atoms with van der Waals surface area (Å²) in [5, 5.41) is 30.6. The maximum absolute atomic E-state index is 16.1. The number of amides is 1. The monoisotopic (exact) mass is 478 g/mol. The topological polar surface area (TPSA) is 125 Å². The molecule has 3 atom stereocenters. The van der Waals surface area contributed by atoms with Crippen molar-refractivity contribution >= 4 is 11.4 Å². The third-order valence-electron chi connectivity index (χ3n) is 7.00. The van der Waals surface area contributed by atoms with E-state index in [4.69, 9.17) is 10.00 Å². The highest BCUT2D eigenvalue weighted by molar-refractivity contribution is 5.94. The standard InChI is InChI=1S/C25H27FN6O3/c1-24(34,13-29-18-8-25(9-18)14-35-15-25)22(26)21(31-23(33)17-3-2-6-28-12-17)20-5-4-19-7-16(10-27)11-30-32(19)20/h2-7,11-12,18,21-22,29,34H,8-9,13-15H2,1H3,(H,31,33)/t21-,22-,24-/m1/s1. The van der Waals surface area contributed by atoms with Gasteiger partial charge in [-0.1, -0.05) is 0 Å². The van der Waals surface area contributed by atoms with Gasteiger partial charge in [-0.05, 0) is 50.1 Å². The second-order valence-electron chi connectivity index (χ2n) is 9.88. The molecule has 1 aliphatic carbocycles. The molecule has 0 radical (unpaired) electrons. The van der Waals surface area contributed by atoms with Crippen molar-refractivity contribution in [3.05, 3.63) is 65.7 Å². The maximum Gasteiger partial charge on any atom is 0.253 e. The molecule has 1 saturated carbocycles. The smallest absolute Gasteiger partial charge is 0.253 e. The third-order valence-corrected chi connectivity index (χ3v) is 7.00. The van der Waals surface area contributed by atoms with E-state index in [0.29, 0.717) is 16.8 Å². The fraction of sp³-hybridized carbons (Fsp3) is 0.440. The largest absolute Gasteiger partial charge is 0.386 e. The molecule has 3 aromatic rings. The lowest BCUT2D eigenvalue weighted by Gasteiger charge is -2.54. The quantitative estimate of drug-likeness (QED) is 0.452. The van der Waals surface area contributed by atoms with Crippen molar-refractivity contribution in [1.29, 1.82) is 5.26 Å². The first-order valence-corrected chi connectivity index (χ1v) is 11.6. The Morgan fingerprint density at radius 3 is 2.86 bits per heavy atom. The molecule has 0 aromatic carbocycles. The summed E-state index contributed by atoms with van der Waals surface area (Å²) in [6, 6.07) is 9.17. The van der Waals surface area contributed by atoms with E-state index in [1.165, 1.54) is 23.8 Å². The number of alkyl halides is 1. The minimum Gasteiger partial charge on any atom is -0.386 e. The number of halogens is 1. The lowest BCUT2D eigenvalue weighted by molar-refractivity contribution is -0.169. The molecule has 3 N–H and O–H groups in total. The summed E-state index contributed by atoms with van der Waals surface area (Å²) in [7, 11) is 0. The Morgan fingerprint density at radius 2 is 2.20 bits per heavy atom. The van der Waals surface area contributed by atoms with Crippen molar-refractivity contribution < 1.29 is 19.0 Å². The Balaban J connectivity index is 1.39. The highest BCUT2D eigenvalue weighted by Gasteiger charge is 2.50. The Kier molecular flexibility index (Phi) is 6.01. The van der Waals surface area contributed by atoms with Crippen molar-refractivity contribution in [3.63, 3.8) is 0 Å². The number of nitriles is 1. The van der Waals surface area contributed by atoms with E-state index in [1.807, 2.05) is 6.07 Å². The molecule has 1 saturated heterocycles. The van der Waals surface area contributed by atoms with Crippen LogP contribution in [0.2, 0.25) is 0 Å². The summed E-state index contributed by atoms with van der Waals surface area (Å²) in [5.74, 6) is -0.524. The highest BCUT2D eigenvalue weighted by atomic mass is 19.1. The first-order valence-electron chi connectivity index (χ1n) is 11.6. The van der Waals surface area contributed by atoms with Gasteiger partial charge in [-0.15, -0.1) is 0 Å². The number of carbonyl (C=O) groups excluding carboxylic acids is 1. The number of pyridine rings is 1. The summed E-state index contributed by atoms with van der Waals surface area (Å²) in [4.78, 5) is 16.9. The lowest BCUT2D eigenvalue weighted by atomic mass is 9.64. The Bertz CT molecular complexity index is 1260. The summed E-state index contributed by atoms with van der Waals surface area (Å²) in [6.07, 6.45) is 4.32. The van der Waals surface area contributed by atoms with Crippen molar-refractivity contribution in [2.45, 2.75) is 43.6 Å². The van der Waals surface area contributed by atoms with Crippen LogP contribution in [-0.2, 0) is 4.74 Å². The van der Waals surface area contributed by atoms with Gasteiger partial charge in [-0.25, -0.2) is 8.91 Å². The molecular formula is C25H27FN6O3. The Hall–Kier alpha value is -3.39. The molecule has 2 fully saturated rings. The average Bonchev–Trinajstić information content (AvgIpc) is 3.23. The molecule has 1 aliphatic heterocycles. The molecule has 3 aromatic heterocycles. The van der Waals surface area contributed by atoms with Gasteiger partial charge in [0, 0.05) is 30.4 Å². The van der Waals surface area contributed by atoms with Crippen LogP contribution < -0.4 is 10.6 Å². The minimum absolute atomic E-state index is 0.0182. The van der Waals surface area contributed by atoms with Crippen LogP contribution in [0.15, 0.2) is 48.9 Å². The zero-order valence-electron chi connectivity index (χ0n) is 19.3. The van der Waals surface area contributed by atoms with Crippen LogP contribution in [0.1, 0.15) is 47.4 Å². The van der Waals surface area contributed by atoms with Crippen LogP contribution in [0.4, 0.5) is 4.39 Å². The molecule has 9 nitrogen and oxygen atoms in total. The predicted octanol–water partition coefficient (Wildman–Crippen LogP) is 1.93. The normalized spacial score (nSPS) is 20.3. The summed E-state index contributed by atoms with van der Waals surface area (Å²) < 4.78 is 22.9. The zero-order chi connectivity index (χ0) is 24.6. The van der Waals surface area contributed by atoms with Crippen LogP contribution in [0.25, 0.3) is 5.52 Å². The molecular weight excluding hydrogens is 451 g/mol. The number of aliphatic hydroxyl groups is 1. The van der Waals surface area contributed by atoms with Gasteiger partial charge < -0.3 is 20.5 Å². The van der Waals surface area contributed by atoms with Gasteiger partial charge in [0.25, 0.3) is 5.91 Å². The van der Waals surface area contributed by atoms with Crippen molar-refractivity contribution in [1.82, 2.24) is 25.2 Å². The molecule has 1 spiro atoms. The number of fused-ring (bicyclic) bond motifs is 1. The van der Waals surface area contributed by atoms with Gasteiger partial charge >= 0.3 is 0 Å². The van der Waals surface area contributed by atoms with E-state index in [1.54, 1.807) is 36.5 Å². The number of hydrogen-bond acceptors (Lipinski definition) is 7. The predicted molar refractivity (Wildman–Crippen MR) is 124 cm³/mol. The van der Waals surface area contributed by atoms with Crippen LogP contribution in [-0.4, -0.2) is 63.2 Å². The molecule has 1 amide bonds. The van der Waals surface area contributed by atoms with E-state index in [0.717, 1.165) is 26.1 Å². The second-order valence-corrected chi connectivity index (χ2v) is 9.88. The van der Waals surface area contributed by atoms with E-state index in [-0.39, 0.29) is 23.6 Å². The van der Waals surface area contributed by atoms with Gasteiger partial charge in [-0.2, -0.15) is 10.4 Å². The van der Waals surface area contributed by atoms with Crippen molar-refractivity contribution in [2.75, 3.05) is 19.8 Å². The summed E-state index contributed by atoms with van der Waals surface area (Å²) >= 11 is 0. The maximum atomic E-state index is 16.1. The van der Waals surface area contributed by atoms with Crippen LogP contribution >= 0.6 is 0 Å². The van der Waals surface area contributed by atoms with Gasteiger partial charge in [0.15, 0.2) is 6.17 Å². The molecule has 10 heteroatoms. The zero-order valence-corrected chi connectivity index (χ0v) is 19.3. The van der Waals surface area contributed by atoms with Crippen molar-refractivity contribution in [3.8, 4) is 6.07 Å². The first-order chi connectivity index (χ1) is 16.8. The molecule has 0 unspecified atom stereocenters. The molecule has 4 heterocycles. The Morgan fingerprint density at radius 1 is 1.40 bits per heavy atom. The summed E-state index contributed by atoms with van der Waals surface area (Å²) in [6.45, 7) is 2.96.